The zero-order valence-corrected chi connectivity index (χ0v) is 13.9. The molecule has 3 N–H and O–H groups in total. The van der Waals surface area contributed by atoms with Crippen molar-refractivity contribution in [3.8, 4) is 0 Å². The van der Waals surface area contributed by atoms with Gasteiger partial charge in [0.15, 0.2) is 11.5 Å². The number of anilines is 1. The summed E-state index contributed by atoms with van der Waals surface area (Å²) >= 11 is 7.65. The van der Waals surface area contributed by atoms with E-state index in [0.717, 1.165) is 32.6 Å². The summed E-state index contributed by atoms with van der Waals surface area (Å²) in [5.74, 6) is 0.787. The first-order chi connectivity index (χ1) is 10.6. The number of aromatic nitrogens is 3. The second-order valence-corrected chi connectivity index (χ2v) is 6.34. The molecule has 0 aliphatic heterocycles. The lowest BCUT2D eigenvalue weighted by Gasteiger charge is -2.05. The molecule has 0 saturated carbocycles. The maximum absolute atomic E-state index is 6.07. The Balaban J connectivity index is 2.16. The van der Waals surface area contributed by atoms with Gasteiger partial charge in [-0.3, -0.25) is 0 Å². The highest BCUT2D eigenvalue weighted by molar-refractivity contribution is 7.99. The summed E-state index contributed by atoms with van der Waals surface area (Å²) < 4.78 is 1.83. The number of nitrogens with two attached hydrogens (primary N) is 1. The van der Waals surface area contributed by atoms with Gasteiger partial charge in [-0.2, -0.15) is 0 Å². The smallest absolute Gasteiger partial charge is 0.171 e. The molecule has 0 saturated heterocycles. The van der Waals surface area contributed by atoms with Gasteiger partial charge in [-0.25, -0.2) is 9.50 Å². The highest BCUT2D eigenvalue weighted by Crippen LogP contribution is 2.37. The number of benzene rings is 1. The molecule has 2 aromatic heterocycles. The van der Waals surface area contributed by atoms with Crippen LogP contribution in [-0.4, -0.2) is 21.6 Å². The third kappa shape index (κ3) is 2.77. The van der Waals surface area contributed by atoms with Gasteiger partial charge in [0.25, 0.3) is 0 Å². The highest BCUT2D eigenvalue weighted by atomic mass is 35.5. The van der Waals surface area contributed by atoms with Gasteiger partial charge in [0.2, 0.25) is 0 Å². The van der Waals surface area contributed by atoms with Crippen LogP contribution in [0.4, 0.5) is 5.82 Å². The van der Waals surface area contributed by atoms with Crippen molar-refractivity contribution in [2.75, 3.05) is 12.4 Å². The molecule has 0 radical (unpaired) electrons. The lowest BCUT2D eigenvalue weighted by atomic mass is 10.3. The molecule has 0 atom stereocenters. The lowest BCUT2D eigenvalue weighted by Crippen LogP contribution is -2.04. The zero-order valence-electron chi connectivity index (χ0n) is 12.3. The third-order valence-electron chi connectivity index (χ3n) is 3.24. The monoisotopic (exact) mass is 333 g/mol. The first-order valence-electron chi connectivity index (χ1n) is 6.83. The Morgan fingerprint density at radius 3 is 2.86 bits per heavy atom. The largest absolute Gasteiger partial charge is 0.371 e. The molecule has 0 aliphatic rings. The van der Waals surface area contributed by atoms with Crippen LogP contribution in [0.15, 0.2) is 40.1 Å². The molecule has 7 heteroatoms. The maximum Gasteiger partial charge on any atom is 0.171 e. The van der Waals surface area contributed by atoms with Crippen LogP contribution in [0.1, 0.15) is 11.4 Å². The molecule has 0 fully saturated rings. The van der Waals surface area contributed by atoms with E-state index in [4.69, 9.17) is 17.3 Å². The average molecular weight is 334 g/mol. The Morgan fingerprint density at radius 1 is 1.36 bits per heavy atom. The fraction of sp³-hybridized carbons (Fsp3) is 0.200. The second kappa shape index (κ2) is 6.16. The Morgan fingerprint density at radius 2 is 2.18 bits per heavy atom. The van der Waals surface area contributed by atoms with Crippen LogP contribution in [0.3, 0.4) is 0 Å². The van der Waals surface area contributed by atoms with Crippen LogP contribution in [0.2, 0.25) is 5.02 Å². The summed E-state index contributed by atoms with van der Waals surface area (Å²) in [4.78, 5) is 6.62. The summed E-state index contributed by atoms with van der Waals surface area (Å²) in [5.41, 5.74) is 8.39. The van der Waals surface area contributed by atoms with Gasteiger partial charge in [-0.15, -0.1) is 5.10 Å². The first kappa shape index (κ1) is 15.1. The van der Waals surface area contributed by atoms with E-state index in [1.54, 1.807) is 11.8 Å². The van der Waals surface area contributed by atoms with Crippen LogP contribution in [0.5, 0.6) is 0 Å². The van der Waals surface area contributed by atoms with Crippen molar-refractivity contribution in [2.45, 2.75) is 23.3 Å². The molecule has 1 aromatic carbocycles. The second-order valence-electron chi connectivity index (χ2n) is 4.82. The van der Waals surface area contributed by atoms with Crippen molar-refractivity contribution in [1.29, 1.82) is 0 Å². The Hall–Kier alpha value is -1.76. The predicted octanol–water partition coefficient (Wildman–Crippen LogP) is 3.34. The van der Waals surface area contributed by atoms with Crippen LogP contribution in [-0.2, 0) is 6.54 Å². The summed E-state index contributed by atoms with van der Waals surface area (Å²) in [6.45, 7) is 2.40. The van der Waals surface area contributed by atoms with Gasteiger partial charge in [-0.1, -0.05) is 29.4 Å². The minimum absolute atomic E-state index is 0.401. The zero-order chi connectivity index (χ0) is 15.7. The van der Waals surface area contributed by atoms with E-state index in [9.17, 15) is 0 Å². The molecule has 3 aromatic rings. The minimum atomic E-state index is 0.401. The molecule has 2 heterocycles. The highest BCUT2D eigenvalue weighted by Gasteiger charge is 2.16. The number of hydrogen-bond donors (Lipinski definition) is 2. The quantitative estimate of drug-likeness (QED) is 0.766. The Bertz CT molecular complexity index is 830. The van der Waals surface area contributed by atoms with Crippen LogP contribution < -0.4 is 11.1 Å². The fourth-order valence-corrected chi connectivity index (χ4v) is 3.51. The molecule has 0 aliphatic carbocycles. The fourth-order valence-electron chi connectivity index (χ4n) is 2.22. The molecule has 0 amide bonds. The van der Waals surface area contributed by atoms with Crippen molar-refractivity contribution >= 4 is 34.8 Å². The number of rotatable bonds is 4. The molecular formula is C15H16ClN5S. The van der Waals surface area contributed by atoms with E-state index in [-0.39, 0.29) is 0 Å². The Kier molecular flexibility index (Phi) is 4.24. The van der Waals surface area contributed by atoms with Crippen LogP contribution >= 0.6 is 23.4 Å². The number of aryl methyl sites for hydroxylation is 1. The van der Waals surface area contributed by atoms with Gasteiger partial charge >= 0.3 is 0 Å². The minimum Gasteiger partial charge on any atom is -0.371 e. The van der Waals surface area contributed by atoms with Crippen LogP contribution in [0, 0.1) is 6.92 Å². The van der Waals surface area contributed by atoms with Gasteiger partial charge in [0.1, 0.15) is 4.90 Å². The van der Waals surface area contributed by atoms with E-state index < -0.39 is 0 Å². The van der Waals surface area contributed by atoms with Crippen molar-refractivity contribution < 1.29 is 0 Å². The first-order valence-corrected chi connectivity index (χ1v) is 8.02. The van der Waals surface area contributed by atoms with E-state index in [1.165, 1.54) is 0 Å². The molecule has 0 unspecified atom stereocenters. The van der Waals surface area contributed by atoms with Crippen molar-refractivity contribution in [3.05, 3.63) is 46.7 Å². The van der Waals surface area contributed by atoms with Crippen molar-refractivity contribution in [2.24, 2.45) is 5.73 Å². The number of halogens is 1. The van der Waals surface area contributed by atoms with E-state index in [2.05, 4.69) is 15.4 Å². The van der Waals surface area contributed by atoms with Crippen LogP contribution in [0.25, 0.3) is 5.65 Å². The van der Waals surface area contributed by atoms with E-state index >= 15 is 0 Å². The standard InChI is InChI=1S/C15H16ClN5S/c1-9-6-11(8-17)19-15-13(14(18-2)20-21(9)15)22-12-5-3-4-10(16)7-12/h3-7H,8,17H2,1-2H3,(H,18,20). The molecule has 22 heavy (non-hydrogen) atoms. The SMILES string of the molecule is CNc1nn2c(C)cc(CN)nc2c1Sc1cccc(Cl)c1. The summed E-state index contributed by atoms with van der Waals surface area (Å²) in [6.07, 6.45) is 0. The molecule has 3 rings (SSSR count). The molecule has 114 valence electrons. The average Bonchev–Trinajstić information content (AvgIpc) is 2.86. The van der Waals surface area contributed by atoms with Gasteiger partial charge < -0.3 is 11.1 Å². The topological polar surface area (TPSA) is 68.2 Å². The normalized spacial score (nSPS) is 11.1. The van der Waals surface area contributed by atoms with Crippen molar-refractivity contribution in [1.82, 2.24) is 14.6 Å². The van der Waals surface area contributed by atoms with E-state index in [0.29, 0.717) is 11.6 Å². The maximum atomic E-state index is 6.07. The lowest BCUT2D eigenvalue weighted by molar-refractivity contribution is 0.867. The van der Waals surface area contributed by atoms with Gasteiger partial charge in [0.05, 0.1) is 5.69 Å². The third-order valence-corrected chi connectivity index (χ3v) is 4.54. The molecule has 5 nitrogen and oxygen atoms in total. The molecule has 0 bridgehead atoms. The predicted molar refractivity (Wildman–Crippen MR) is 90.7 cm³/mol. The van der Waals surface area contributed by atoms with E-state index in [1.807, 2.05) is 48.8 Å². The number of nitrogens with zero attached hydrogens (tertiary/aromatic N) is 3. The van der Waals surface area contributed by atoms with Gasteiger partial charge in [0, 0.05) is 29.2 Å². The summed E-state index contributed by atoms with van der Waals surface area (Å²) in [5, 5.41) is 8.41. The summed E-state index contributed by atoms with van der Waals surface area (Å²) in [6, 6.07) is 9.68. The van der Waals surface area contributed by atoms with Crippen molar-refractivity contribution in [3.63, 3.8) is 0 Å². The molecular weight excluding hydrogens is 318 g/mol. The number of fused-ring (bicyclic) bond motifs is 1. The number of hydrogen-bond acceptors (Lipinski definition) is 5. The summed E-state index contributed by atoms with van der Waals surface area (Å²) in [7, 11) is 1.85. The number of nitrogens with one attached hydrogen (secondary N) is 1. The molecule has 0 spiro atoms. The Labute approximate surface area is 137 Å². The van der Waals surface area contributed by atoms with Gasteiger partial charge in [-0.05, 0) is 31.2 Å².